The molecule has 0 saturated heterocycles. The molecular formula is C16H13ClN2O3. The van der Waals surface area contributed by atoms with Crippen LogP contribution in [-0.2, 0) is 0 Å². The van der Waals surface area contributed by atoms with E-state index in [0.717, 1.165) is 0 Å². The molecule has 112 valence electrons. The van der Waals surface area contributed by atoms with E-state index < -0.39 is 12.1 Å². The van der Waals surface area contributed by atoms with Gasteiger partial charge in [0, 0.05) is 24.2 Å². The van der Waals surface area contributed by atoms with Gasteiger partial charge in [0.2, 0.25) is 0 Å². The summed E-state index contributed by atoms with van der Waals surface area (Å²) >= 11 is 5.99. The van der Waals surface area contributed by atoms with Crippen LogP contribution in [0.15, 0.2) is 41.3 Å². The maximum absolute atomic E-state index is 12.2. The van der Waals surface area contributed by atoms with Crippen LogP contribution in [0.1, 0.15) is 23.6 Å². The molecule has 3 rings (SSSR count). The number of ether oxygens (including phenoxy) is 1. The fourth-order valence-corrected chi connectivity index (χ4v) is 2.83. The predicted molar refractivity (Wildman–Crippen MR) is 81.1 cm³/mol. The maximum atomic E-state index is 12.2. The lowest BCUT2D eigenvalue weighted by molar-refractivity contribution is 0.112. The first-order valence-electron chi connectivity index (χ1n) is 6.83. The lowest BCUT2D eigenvalue weighted by Gasteiger charge is -2.24. The number of aliphatic hydroxyl groups is 1. The van der Waals surface area contributed by atoms with Crippen LogP contribution in [0.2, 0.25) is 5.02 Å². The van der Waals surface area contributed by atoms with Crippen molar-refractivity contribution in [3.63, 3.8) is 0 Å². The topological polar surface area (TPSA) is 75.2 Å². The van der Waals surface area contributed by atoms with Gasteiger partial charge in [-0.3, -0.25) is 4.79 Å². The van der Waals surface area contributed by atoms with E-state index in [-0.39, 0.29) is 5.56 Å². The normalized spacial score (nSPS) is 20.4. The first kappa shape index (κ1) is 14.6. The summed E-state index contributed by atoms with van der Waals surface area (Å²) < 4.78 is 7.01. The van der Waals surface area contributed by atoms with Crippen LogP contribution in [0.4, 0.5) is 0 Å². The van der Waals surface area contributed by atoms with E-state index in [9.17, 15) is 9.90 Å². The summed E-state index contributed by atoms with van der Waals surface area (Å²) in [4.78, 5) is 12.2. The van der Waals surface area contributed by atoms with Crippen molar-refractivity contribution in [1.82, 2.24) is 4.57 Å². The molecule has 2 atom stereocenters. The van der Waals surface area contributed by atoms with Crippen molar-refractivity contribution < 1.29 is 9.84 Å². The molecule has 6 heteroatoms. The third-order valence-corrected chi connectivity index (χ3v) is 3.92. The van der Waals surface area contributed by atoms with Gasteiger partial charge in [0.15, 0.2) is 0 Å². The Kier molecular flexibility index (Phi) is 3.88. The monoisotopic (exact) mass is 316 g/mol. The molecule has 0 aliphatic carbocycles. The molecule has 1 aromatic carbocycles. The number of hydrogen-bond donors (Lipinski definition) is 1. The molecule has 2 heterocycles. The first-order valence-corrected chi connectivity index (χ1v) is 7.20. The fourth-order valence-electron chi connectivity index (χ4n) is 2.66. The zero-order valence-electron chi connectivity index (χ0n) is 11.6. The maximum Gasteiger partial charge on any atom is 0.251 e. The Morgan fingerprint density at radius 3 is 2.95 bits per heavy atom. The largest absolute Gasteiger partial charge is 0.493 e. The number of aliphatic hydroxyl groups excluding tert-OH is 1. The van der Waals surface area contributed by atoms with E-state index in [2.05, 4.69) is 6.07 Å². The van der Waals surface area contributed by atoms with Crippen molar-refractivity contribution in [3.05, 3.63) is 63.0 Å². The number of rotatable bonds is 1. The van der Waals surface area contributed by atoms with Crippen LogP contribution in [0.5, 0.6) is 5.75 Å². The zero-order valence-corrected chi connectivity index (χ0v) is 12.3. The molecular weight excluding hydrogens is 304 g/mol. The summed E-state index contributed by atoms with van der Waals surface area (Å²) in [6.45, 7) is 0.339. The number of aromatic nitrogens is 1. The van der Waals surface area contributed by atoms with Gasteiger partial charge in [0.1, 0.15) is 5.75 Å². The van der Waals surface area contributed by atoms with Crippen molar-refractivity contribution in [2.45, 2.75) is 18.6 Å². The molecule has 1 aliphatic rings. The van der Waals surface area contributed by atoms with Crippen LogP contribution in [0, 0.1) is 11.3 Å². The molecule has 0 bridgehead atoms. The molecule has 1 N–H and O–H groups in total. The van der Waals surface area contributed by atoms with E-state index in [1.807, 2.05) is 0 Å². The SMILES string of the molecule is N#Cc1ccc2c(c1)[C@H](n1cc(Cl)ccc1=O)[C@@H](O)CCO2. The molecule has 1 aliphatic heterocycles. The Morgan fingerprint density at radius 1 is 1.36 bits per heavy atom. The highest BCUT2D eigenvalue weighted by molar-refractivity contribution is 6.30. The van der Waals surface area contributed by atoms with Gasteiger partial charge in [0.05, 0.1) is 35.4 Å². The molecule has 2 aromatic rings. The Labute approximate surface area is 132 Å². The van der Waals surface area contributed by atoms with Crippen molar-refractivity contribution in [1.29, 1.82) is 5.26 Å². The summed E-state index contributed by atoms with van der Waals surface area (Å²) in [5.74, 6) is 0.562. The Morgan fingerprint density at radius 2 is 2.18 bits per heavy atom. The highest BCUT2D eigenvalue weighted by Gasteiger charge is 2.30. The van der Waals surface area contributed by atoms with Crippen molar-refractivity contribution in [3.8, 4) is 11.8 Å². The summed E-state index contributed by atoms with van der Waals surface area (Å²) in [5.41, 5.74) is 0.772. The minimum absolute atomic E-state index is 0.274. The summed E-state index contributed by atoms with van der Waals surface area (Å²) in [6, 6.07) is 9.26. The predicted octanol–water partition coefficient (Wildman–Crippen LogP) is 2.11. The zero-order chi connectivity index (χ0) is 15.7. The highest BCUT2D eigenvalue weighted by Crippen LogP contribution is 2.34. The van der Waals surface area contributed by atoms with E-state index in [0.29, 0.717) is 34.9 Å². The van der Waals surface area contributed by atoms with Crippen LogP contribution >= 0.6 is 11.6 Å². The molecule has 0 amide bonds. The molecule has 1 aromatic heterocycles. The van der Waals surface area contributed by atoms with E-state index in [1.165, 1.54) is 22.9 Å². The van der Waals surface area contributed by atoms with Gasteiger partial charge in [-0.1, -0.05) is 11.6 Å². The number of pyridine rings is 1. The van der Waals surface area contributed by atoms with Gasteiger partial charge < -0.3 is 14.4 Å². The standard InChI is InChI=1S/C16H13ClN2O3/c17-11-2-4-15(21)19(9-11)16-12-7-10(8-18)1-3-14(12)22-6-5-13(16)20/h1-4,7,9,13,16,20H,5-6H2/t13-,16-/m0/s1. The van der Waals surface area contributed by atoms with Crippen molar-refractivity contribution >= 4 is 11.6 Å². The molecule has 0 fully saturated rings. The molecule has 5 nitrogen and oxygen atoms in total. The van der Waals surface area contributed by atoms with Gasteiger partial charge in [-0.2, -0.15) is 5.26 Å². The average Bonchev–Trinajstić information content (AvgIpc) is 2.67. The second-order valence-electron chi connectivity index (χ2n) is 5.11. The summed E-state index contributed by atoms with van der Waals surface area (Å²) in [5, 5.41) is 19.9. The lowest BCUT2D eigenvalue weighted by atomic mass is 9.97. The second kappa shape index (κ2) is 5.84. The minimum atomic E-state index is -0.814. The van der Waals surface area contributed by atoms with Crippen molar-refractivity contribution in [2.75, 3.05) is 6.61 Å². The molecule has 0 saturated carbocycles. The van der Waals surface area contributed by atoms with Gasteiger partial charge in [0.25, 0.3) is 5.56 Å². The van der Waals surface area contributed by atoms with Crippen molar-refractivity contribution in [2.24, 2.45) is 0 Å². The smallest absolute Gasteiger partial charge is 0.251 e. The third-order valence-electron chi connectivity index (χ3n) is 3.69. The number of benzene rings is 1. The number of nitriles is 1. The van der Waals surface area contributed by atoms with Crippen LogP contribution in [-0.4, -0.2) is 22.4 Å². The van der Waals surface area contributed by atoms with Gasteiger partial charge >= 0.3 is 0 Å². The Bertz CT molecular complexity index is 810. The van der Waals surface area contributed by atoms with Gasteiger partial charge in [-0.25, -0.2) is 0 Å². The van der Waals surface area contributed by atoms with Crippen LogP contribution in [0.3, 0.4) is 0 Å². The van der Waals surface area contributed by atoms with Crippen LogP contribution in [0.25, 0.3) is 0 Å². The van der Waals surface area contributed by atoms with E-state index >= 15 is 0 Å². The number of halogens is 1. The van der Waals surface area contributed by atoms with E-state index in [1.54, 1.807) is 18.2 Å². The molecule has 0 spiro atoms. The summed E-state index contributed by atoms with van der Waals surface area (Å²) in [6.07, 6.45) is 1.05. The second-order valence-corrected chi connectivity index (χ2v) is 5.54. The first-order chi connectivity index (χ1) is 10.6. The molecule has 22 heavy (non-hydrogen) atoms. The molecule has 0 radical (unpaired) electrons. The van der Waals surface area contributed by atoms with E-state index in [4.69, 9.17) is 21.6 Å². The fraction of sp³-hybridized carbons (Fsp3) is 0.250. The van der Waals surface area contributed by atoms with Crippen LogP contribution < -0.4 is 10.3 Å². The Balaban J connectivity index is 2.23. The molecule has 0 unspecified atom stereocenters. The lowest BCUT2D eigenvalue weighted by Crippen LogP contribution is -2.32. The number of fused-ring (bicyclic) bond motifs is 1. The highest BCUT2D eigenvalue weighted by atomic mass is 35.5. The Hall–Kier alpha value is -2.29. The minimum Gasteiger partial charge on any atom is -0.493 e. The summed E-state index contributed by atoms with van der Waals surface area (Å²) in [7, 11) is 0. The quantitative estimate of drug-likeness (QED) is 0.874. The average molecular weight is 317 g/mol. The van der Waals surface area contributed by atoms with Gasteiger partial charge in [-0.15, -0.1) is 0 Å². The number of nitrogens with zero attached hydrogens (tertiary/aromatic N) is 2. The third kappa shape index (κ3) is 2.59. The van der Waals surface area contributed by atoms with Gasteiger partial charge in [-0.05, 0) is 24.3 Å². The number of hydrogen-bond acceptors (Lipinski definition) is 4.